The molecule has 0 amide bonds. The Labute approximate surface area is 124 Å². The molecule has 1 atom stereocenters. The first-order chi connectivity index (χ1) is 9.60. The summed E-state index contributed by atoms with van der Waals surface area (Å²) in [7, 11) is -1.38. The number of hydrogen-bond donors (Lipinski definition) is 1. The Kier molecular flexibility index (Phi) is 5.15. The highest BCUT2D eigenvalue weighted by atomic mass is 28.3. The van der Waals surface area contributed by atoms with E-state index in [2.05, 4.69) is 86.0 Å². The minimum Gasteiger partial charge on any atom is -0.313 e. The topological polar surface area (TPSA) is 12.0 Å². The van der Waals surface area contributed by atoms with E-state index in [4.69, 9.17) is 0 Å². The van der Waals surface area contributed by atoms with E-state index in [0.717, 1.165) is 13.1 Å². The van der Waals surface area contributed by atoms with Gasteiger partial charge in [-0.3, -0.25) is 0 Å². The lowest BCUT2D eigenvalue weighted by molar-refractivity contribution is 0.665. The summed E-state index contributed by atoms with van der Waals surface area (Å²) in [6.07, 6.45) is 0. The lowest BCUT2D eigenvalue weighted by Crippen LogP contribution is -2.47. The van der Waals surface area contributed by atoms with Crippen LogP contribution in [0.15, 0.2) is 60.7 Å². The maximum atomic E-state index is 3.61. The van der Waals surface area contributed by atoms with Gasteiger partial charge in [-0.2, -0.15) is 0 Å². The minimum absolute atomic E-state index is 0.716. The van der Waals surface area contributed by atoms with Crippen molar-refractivity contribution in [1.82, 2.24) is 5.32 Å². The zero-order valence-corrected chi connectivity index (χ0v) is 13.8. The number of nitrogens with one attached hydrogen (secondary N) is 1. The molecule has 0 saturated heterocycles. The smallest absolute Gasteiger partial charge is 0.0846 e. The molecule has 0 fully saturated rings. The van der Waals surface area contributed by atoms with Gasteiger partial charge in [0.25, 0.3) is 0 Å². The molecular formula is C18H25NSi. The van der Waals surface area contributed by atoms with Gasteiger partial charge in [0.1, 0.15) is 0 Å². The summed E-state index contributed by atoms with van der Waals surface area (Å²) in [5.74, 6) is 0. The number of hydrogen-bond acceptors (Lipinski definition) is 1. The standard InChI is InChI=1S/C18H25NSi/c1-16(14-19-15-17-10-6-4-7-11-17)20(2,3)18-12-8-5-9-13-18/h4-13,16,19H,14-15H2,1-3H3/t16-/m0/s1. The quantitative estimate of drug-likeness (QED) is 0.796. The van der Waals surface area contributed by atoms with Crippen LogP contribution in [0.2, 0.25) is 18.6 Å². The van der Waals surface area contributed by atoms with Crippen LogP contribution in [0, 0.1) is 0 Å². The Morgan fingerprint density at radius 1 is 0.900 bits per heavy atom. The van der Waals surface area contributed by atoms with E-state index in [0.29, 0.717) is 5.54 Å². The Hall–Kier alpha value is -1.38. The molecule has 2 aromatic rings. The molecule has 0 aromatic heterocycles. The third-order valence-corrected chi connectivity index (χ3v) is 8.86. The second kappa shape index (κ2) is 6.87. The summed E-state index contributed by atoms with van der Waals surface area (Å²) < 4.78 is 0. The normalized spacial score (nSPS) is 13.2. The van der Waals surface area contributed by atoms with E-state index in [1.165, 1.54) is 5.56 Å². The van der Waals surface area contributed by atoms with Crippen LogP contribution >= 0.6 is 0 Å². The molecule has 0 aliphatic carbocycles. The Bertz CT molecular complexity index is 507. The van der Waals surface area contributed by atoms with Crippen molar-refractivity contribution in [2.75, 3.05) is 6.54 Å². The second-order valence-electron chi connectivity index (χ2n) is 6.11. The lowest BCUT2D eigenvalue weighted by Gasteiger charge is -2.30. The molecule has 2 heteroatoms. The van der Waals surface area contributed by atoms with Crippen molar-refractivity contribution in [3.8, 4) is 0 Å². The summed E-state index contributed by atoms with van der Waals surface area (Å²) in [5, 5.41) is 5.16. The number of rotatable bonds is 6. The highest BCUT2D eigenvalue weighted by Crippen LogP contribution is 2.20. The van der Waals surface area contributed by atoms with E-state index >= 15 is 0 Å². The van der Waals surface area contributed by atoms with Crippen LogP contribution in [-0.4, -0.2) is 14.6 Å². The fraction of sp³-hybridized carbons (Fsp3) is 0.333. The molecule has 0 saturated carbocycles. The third kappa shape index (κ3) is 3.81. The average molecular weight is 283 g/mol. The molecule has 0 spiro atoms. The van der Waals surface area contributed by atoms with Gasteiger partial charge in [0.15, 0.2) is 0 Å². The van der Waals surface area contributed by atoms with E-state index in [1.807, 2.05) is 0 Å². The van der Waals surface area contributed by atoms with Crippen LogP contribution in [0.5, 0.6) is 0 Å². The van der Waals surface area contributed by atoms with Gasteiger partial charge < -0.3 is 5.32 Å². The predicted octanol–water partition coefficient (Wildman–Crippen LogP) is 3.78. The van der Waals surface area contributed by atoms with Gasteiger partial charge in [-0.25, -0.2) is 0 Å². The Morgan fingerprint density at radius 3 is 2.05 bits per heavy atom. The lowest BCUT2D eigenvalue weighted by atomic mass is 10.2. The molecule has 0 aliphatic heterocycles. The molecule has 2 rings (SSSR count). The van der Waals surface area contributed by atoms with Gasteiger partial charge in [0, 0.05) is 6.54 Å². The van der Waals surface area contributed by atoms with Gasteiger partial charge in [-0.05, 0) is 17.6 Å². The van der Waals surface area contributed by atoms with Crippen LogP contribution in [-0.2, 0) is 6.54 Å². The summed E-state index contributed by atoms with van der Waals surface area (Å²) in [4.78, 5) is 0. The summed E-state index contributed by atoms with van der Waals surface area (Å²) in [5.41, 5.74) is 2.08. The minimum atomic E-state index is -1.38. The largest absolute Gasteiger partial charge is 0.313 e. The second-order valence-corrected chi connectivity index (χ2v) is 11.1. The molecule has 0 unspecified atom stereocenters. The Balaban J connectivity index is 1.90. The molecule has 106 valence electrons. The highest BCUT2D eigenvalue weighted by Gasteiger charge is 2.29. The molecule has 1 nitrogen and oxygen atoms in total. The molecule has 0 radical (unpaired) electrons. The molecule has 1 N–H and O–H groups in total. The molecule has 0 heterocycles. The van der Waals surface area contributed by atoms with E-state index < -0.39 is 8.07 Å². The first kappa shape index (κ1) is 15.0. The van der Waals surface area contributed by atoms with Crippen LogP contribution in [0.3, 0.4) is 0 Å². The van der Waals surface area contributed by atoms with Crippen LogP contribution in [0.1, 0.15) is 12.5 Å². The molecule has 0 aliphatic rings. The molecule has 2 aromatic carbocycles. The SMILES string of the molecule is C[C@@H](CNCc1ccccc1)[Si](C)(C)c1ccccc1. The molecular weight excluding hydrogens is 258 g/mol. The van der Waals surface area contributed by atoms with Gasteiger partial charge in [-0.1, -0.05) is 85.9 Å². The van der Waals surface area contributed by atoms with Crippen LogP contribution in [0.25, 0.3) is 0 Å². The van der Waals surface area contributed by atoms with Gasteiger partial charge >= 0.3 is 0 Å². The molecule has 0 bridgehead atoms. The maximum Gasteiger partial charge on any atom is 0.0846 e. The first-order valence-electron chi connectivity index (χ1n) is 7.41. The fourth-order valence-corrected chi connectivity index (χ4v) is 4.71. The third-order valence-electron chi connectivity index (χ3n) is 4.37. The van der Waals surface area contributed by atoms with Crippen molar-refractivity contribution >= 4 is 13.3 Å². The van der Waals surface area contributed by atoms with Crippen LogP contribution in [0.4, 0.5) is 0 Å². The van der Waals surface area contributed by atoms with Crippen molar-refractivity contribution in [3.63, 3.8) is 0 Å². The van der Waals surface area contributed by atoms with Crippen LogP contribution < -0.4 is 10.5 Å². The zero-order chi connectivity index (χ0) is 14.4. The van der Waals surface area contributed by atoms with Crippen molar-refractivity contribution in [3.05, 3.63) is 66.2 Å². The van der Waals surface area contributed by atoms with Gasteiger partial charge in [-0.15, -0.1) is 0 Å². The van der Waals surface area contributed by atoms with E-state index in [9.17, 15) is 0 Å². The summed E-state index contributed by atoms with van der Waals surface area (Å²) >= 11 is 0. The van der Waals surface area contributed by atoms with Crippen molar-refractivity contribution in [1.29, 1.82) is 0 Å². The van der Waals surface area contributed by atoms with Gasteiger partial charge in [0.2, 0.25) is 0 Å². The van der Waals surface area contributed by atoms with E-state index in [-0.39, 0.29) is 0 Å². The predicted molar refractivity (Wildman–Crippen MR) is 91.1 cm³/mol. The molecule has 20 heavy (non-hydrogen) atoms. The summed E-state index contributed by atoms with van der Waals surface area (Å²) in [6, 6.07) is 21.6. The fourth-order valence-electron chi connectivity index (χ4n) is 2.44. The highest BCUT2D eigenvalue weighted by molar-refractivity contribution is 6.91. The monoisotopic (exact) mass is 283 g/mol. The number of benzene rings is 2. The van der Waals surface area contributed by atoms with Crippen molar-refractivity contribution in [2.45, 2.75) is 32.1 Å². The summed E-state index contributed by atoms with van der Waals surface area (Å²) in [6.45, 7) is 9.37. The van der Waals surface area contributed by atoms with E-state index in [1.54, 1.807) is 5.19 Å². The average Bonchev–Trinajstić information content (AvgIpc) is 2.49. The maximum absolute atomic E-state index is 3.61. The van der Waals surface area contributed by atoms with Crippen molar-refractivity contribution in [2.24, 2.45) is 0 Å². The van der Waals surface area contributed by atoms with Crippen molar-refractivity contribution < 1.29 is 0 Å². The Morgan fingerprint density at radius 2 is 1.45 bits per heavy atom. The van der Waals surface area contributed by atoms with Gasteiger partial charge in [0.05, 0.1) is 8.07 Å². The zero-order valence-electron chi connectivity index (χ0n) is 12.8. The first-order valence-corrected chi connectivity index (χ1v) is 10.5.